The van der Waals surface area contributed by atoms with Gasteiger partial charge in [-0.05, 0) is 19.0 Å². The molecule has 6 heteroatoms. The van der Waals surface area contributed by atoms with Crippen LogP contribution in [-0.4, -0.2) is 47.0 Å². The van der Waals surface area contributed by atoms with Crippen LogP contribution in [0.3, 0.4) is 0 Å². The molecular formula is C9H22O3S2Si. The summed E-state index contributed by atoms with van der Waals surface area (Å²) in [6.45, 7) is 3.45. The van der Waals surface area contributed by atoms with Crippen LogP contribution in [0.4, 0.5) is 0 Å². The quantitative estimate of drug-likeness (QED) is 0.381. The van der Waals surface area contributed by atoms with E-state index in [4.69, 9.17) is 13.6 Å². The molecule has 3 nitrogen and oxygen atoms in total. The van der Waals surface area contributed by atoms with Crippen LogP contribution in [0.1, 0.15) is 6.42 Å². The van der Waals surface area contributed by atoms with E-state index < -0.39 is 8.56 Å². The maximum Gasteiger partial charge on any atom is 0.334 e. The molecule has 1 unspecified atom stereocenters. The lowest BCUT2D eigenvalue weighted by molar-refractivity contribution is 0.136. The number of thiol groups is 2. The SMILES string of the molecule is CO[Si](C)(CCCOCC(S)CS)OC. The molecule has 0 aliphatic heterocycles. The standard InChI is InChI=1S/C9H22O3S2Si/c1-10-15(3,11-2)6-4-5-12-7-9(14)8-13/h9,13-14H,4-8H2,1-3H3. The number of hydrogen-bond donors (Lipinski definition) is 2. The molecule has 92 valence electrons. The van der Waals surface area contributed by atoms with E-state index in [0.29, 0.717) is 6.61 Å². The number of hydrogen-bond acceptors (Lipinski definition) is 5. The average molecular weight is 270 g/mol. The van der Waals surface area contributed by atoms with Gasteiger partial charge in [-0.3, -0.25) is 0 Å². The van der Waals surface area contributed by atoms with E-state index in [2.05, 4.69) is 31.8 Å². The van der Waals surface area contributed by atoms with Crippen LogP contribution in [0, 0.1) is 0 Å². The molecule has 0 fully saturated rings. The molecule has 0 aliphatic carbocycles. The minimum Gasteiger partial charge on any atom is -0.398 e. The first kappa shape index (κ1) is 15.8. The third-order valence-electron chi connectivity index (χ3n) is 2.30. The summed E-state index contributed by atoms with van der Waals surface area (Å²) in [5.74, 6) is 0.742. The number of rotatable bonds is 9. The summed E-state index contributed by atoms with van der Waals surface area (Å²) in [7, 11) is 1.52. The van der Waals surface area contributed by atoms with Gasteiger partial charge in [0.05, 0.1) is 6.61 Å². The molecule has 0 bridgehead atoms. The second-order valence-electron chi connectivity index (χ2n) is 3.56. The highest BCUT2D eigenvalue weighted by molar-refractivity contribution is 7.84. The Morgan fingerprint density at radius 2 is 1.87 bits per heavy atom. The molecule has 0 radical (unpaired) electrons. The van der Waals surface area contributed by atoms with Gasteiger partial charge < -0.3 is 13.6 Å². The van der Waals surface area contributed by atoms with Crippen molar-refractivity contribution in [1.82, 2.24) is 0 Å². The van der Waals surface area contributed by atoms with E-state index in [1.807, 2.05) is 0 Å². The second-order valence-corrected chi connectivity index (χ2v) is 8.24. The van der Waals surface area contributed by atoms with Gasteiger partial charge in [0.15, 0.2) is 0 Å². The monoisotopic (exact) mass is 270 g/mol. The smallest absolute Gasteiger partial charge is 0.334 e. The third-order valence-corrected chi connectivity index (χ3v) is 6.35. The minimum absolute atomic E-state index is 0.224. The van der Waals surface area contributed by atoms with Gasteiger partial charge >= 0.3 is 8.56 Å². The highest BCUT2D eigenvalue weighted by Gasteiger charge is 2.27. The summed E-state index contributed by atoms with van der Waals surface area (Å²) in [6.07, 6.45) is 0.970. The van der Waals surface area contributed by atoms with Crippen molar-refractivity contribution in [2.24, 2.45) is 0 Å². The average Bonchev–Trinajstić information content (AvgIpc) is 2.27. The molecule has 0 heterocycles. The second kappa shape index (κ2) is 8.89. The van der Waals surface area contributed by atoms with E-state index in [1.165, 1.54) is 0 Å². The van der Waals surface area contributed by atoms with E-state index >= 15 is 0 Å². The van der Waals surface area contributed by atoms with Crippen molar-refractivity contribution in [3.63, 3.8) is 0 Å². The van der Waals surface area contributed by atoms with Gasteiger partial charge in [0.25, 0.3) is 0 Å². The van der Waals surface area contributed by atoms with Gasteiger partial charge in [-0.25, -0.2) is 0 Å². The largest absolute Gasteiger partial charge is 0.398 e. The number of ether oxygens (including phenoxy) is 1. The molecule has 0 aliphatic rings. The molecule has 0 N–H and O–H groups in total. The lowest BCUT2D eigenvalue weighted by atomic mass is 10.5. The van der Waals surface area contributed by atoms with E-state index in [1.54, 1.807) is 14.2 Å². The van der Waals surface area contributed by atoms with Crippen LogP contribution in [0.25, 0.3) is 0 Å². The van der Waals surface area contributed by atoms with Crippen molar-refractivity contribution in [3.05, 3.63) is 0 Å². The van der Waals surface area contributed by atoms with Gasteiger partial charge in [-0.15, -0.1) is 0 Å². The van der Waals surface area contributed by atoms with Crippen molar-refractivity contribution in [3.8, 4) is 0 Å². The summed E-state index contributed by atoms with van der Waals surface area (Å²) in [5.41, 5.74) is 0. The topological polar surface area (TPSA) is 27.7 Å². The first-order valence-corrected chi connectivity index (χ1v) is 8.72. The van der Waals surface area contributed by atoms with Gasteiger partial charge in [0.1, 0.15) is 0 Å². The van der Waals surface area contributed by atoms with Crippen LogP contribution in [0.2, 0.25) is 12.6 Å². The zero-order valence-corrected chi connectivity index (χ0v) is 12.5. The van der Waals surface area contributed by atoms with Crippen molar-refractivity contribution in [1.29, 1.82) is 0 Å². The molecule has 0 aromatic carbocycles. The third kappa shape index (κ3) is 7.65. The molecule has 0 spiro atoms. The Morgan fingerprint density at radius 1 is 1.27 bits per heavy atom. The Morgan fingerprint density at radius 3 is 2.33 bits per heavy atom. The molecule has 0 aromatic rings. The van der Waals surface area contributed by atoms with Gasteiger partial charge in [0, 0.05) is 31.8 Å². The van der Waals surface area contributed by atoms with Crippen LogP contribution in [-0.2, 0) is 13.6 Å². The molecule has 0 saturated heterocycles. The summed E-state index contributed by atoms with van der Waals surface area (Å²) >= 11 is 8.41. The van der Waals surface area contributed by atoms with Gasteiger partial charge in [0.2, 0.25) is 0 Å². The van der Waals surface area contributed by atoms with Gasteiger partial charge in [-0.1, -0.05) is 0 Å². The lowest BCUT2D eigenvalue weighted by Crippen LogP contribution is -2.36. The Balaban J connectivity index is 3.45. The Bertz CT molecular complexity index is 156. The predicted molar refractivity (Wildman–Crippen MR) is 72.5 cm³/mol. The summed E-state index contributed by atoms with van der Waals surface area (Å²) in [6, 6.07) is 0.956. The van der Waals surface area contributed by atoms with E-state index in [0.717, 1.165) is 24.8 Å². The van der Waals surface area contributed by atoms with Crippen LogP contribution >= 0.6 is 25.3 Å². The summed E-state index contributed by atoms with van der Waals surface area (Å²) in [5, 5.41) is 0.224. The summed E-state index contributed by atoms with van der Waals surface area (Å²) in [4.78, 5) is 0. The van der Waals surface area contributed by atoms with Crippen molar-refractivity contribution >= 4 is 33.8 Å². The van der Waals surface area contributed by atoms with Crippen molar-refractivity contribution in [2.75, 3.05) is 33.2 Å². The Hall–Kier alpha value is 0.797. The normalized spacial score (nSPS) is 14.2. The van der Waals surface area contributed by atoms with E-state index in [9.17, 15) is 0 Å². The first-order valence-electron chi connectivity index (χ1n) is 5.05. The highest BCUT2D eigenvalue weighted by atomic mass is 32.1. The van der Waals surface area contributed by atoms with Crippen LogP contribution in [0.5, 0.6) is 0 Å². The fourth-order valence-electron chi connectivity index (χ4n) is 1.05. The molecule has 0 aromatic heterocycles. The van der Waals surface area contributed by atoms with Crippen LogP contribution < -0.4 is 0 Å². The zero-order chi connectivity index (χ0) is 11.7. The Kier molecular flexibility index (Phi) is 9.37. The lowest BCUT2D eigenvalue weighted by Gasteiger charge is -2.22. The minimum atomic E-state index is -1.90. The zero-order valence-electron chi connectivity index (χ0n) is 9.73. The highest BCUT2D eigenvalue weighted by Crippen LogP contribution is 2.13. The van der Waals surface area contributed by atoms with E-state index in [-0.39, 0.29) is 5.25 Å². The molecule has 0 amide bonds. The van der Waals surface area contributed by atoms with Crippen molar-refractivity contribution in [2.45, 2.75) is 24.3 Å². The molecule has 0 saturated carbocycles. The fourth-order valence-corrected chi connectivity index (χ4v) is 2.63. The van der Waals surface area contributed by atoms with Crippen LogP contribution in [0.15, 0.2) is 0 Å². The van der Waals surface area contributed by atoms with Crippen molar-refractivity contribution < 1.29 is 13.6 Å². The molecular weight excluding hydrogens is 248 g/mol. The molecule has 1 atom stereocenters. The maximum absolute atomic E-state index is 5.46. The summed E-state index contributed by atoms with van der Waals surface area (Å²) < 4.78 is 16.2. The van der Waals surface area contributed by atoms with Gasteiger partial charge in [-0.2, -0.15) is 25.3 Å². The molecule has 15 heavy (non-hydrogen) atoms. The Labute approximate surface area is 105 Å². The predicted octanol–water partition coefficient (Wildman–Crippen LogP) is 1.99. The first-order chi connectivity index (χ1) is 7.08. The fraction of sp³-hybridized carbons (Fsp3) is 1.00. The molecule has 0 rings (SSSR count). The maximum atomic E-state index is 5.46.